The van der Waals surface area contributed by atoms with Gasteiger partial charge in [0.05, 0.1) is 12.1 Å². The first-order valence-corrected chi connectivity index (χ1v) is 8.66. The fourth-order valence-electron chi connectivity index (χ4n) is 2.43. The number of hydrogen-bond acceptors (Lipinski definition) is 4. The molecule has 2 N–H and O–H groups in total. The summed E-state index contributed by atoms with van der Waals surface area (Å²) in [5, 5.41) is 0. The first-order valence-electron chi connectivity index (χ1n) is 7.87. The van der Waals surface area contributed by atoms with Crippen LogP contribution in [0, 0.1) is 6.92 Å². The van der Waals surface area contributed by atoms with Crippen LogP contribution < -0.4 is 10.9 Å². The summed E-state index contributed by atoms with van der Waals surface area (Å²) in [6.07, 6.45) is 1.75. The smallest absolute Gasteiger partial charge is 0.286 e. The fourth-order valence-corrected chi connectivity index (χ4v) is 2.96. The van der Waals surface area contributed by atoms with Crippen LogP contribution in [0.15, 0.2) is 51.5 Å². The van der Waals surface area contributed by atoms with Crippen LogP contribution in [0.5, 0.6) is 0 Å². The molecule has 0 fully saturated rings. The van der Waals surface area contributed by atoms with Crippen molar-refractivity contribution in [1.29, 1.82) is 0 Å². The molecule has 0 aliphatic heterocycles. The number of carbonyl (C=O) groups excluding carboxylic acids is 2. The largest absolute Gasteiger partial charge is 0.441 e. The highest BCUT2D eigenvalue weighted by Crippen LogP contribution is 2.21. The maximum absolute atomic E-state index is 12.1. The van der Waals surface area contributed by atoms with Crippen LogP contribution in [0.3, 0.4) is 0 Å². The van der Waals surface area contributed by atoms with Gasteiger partial charge in [-0.25, -0.2) is 4.98 Å². The van der Waals surface area contributed by atoms with E-state index in [0.29, 0.717) is 23.0 Å². The number of nitrogens with zero attached hydrogens (tertiary/aromatic N) is 2. The van der Waals surface area contributed by atoms with E-state index in [1.54, 1.807) is 30.8 Å². The van der Waals surface area contributed by atoms with Gasteiger partial charge in [0, 0.05) is 23.3 Å². The lowest BCUT2D eigenvalue weighted by molar-refractivity contribution is -0.121. The Morgan fingerprint density at radius 1 is 1.23 bits per heavy atom. The number of rotatable bonds is 4. The third kappa shape index (κ3) is 4.02. The molecule has 7 nitrogen and oxygen atoms in total. The summed E-state index contributed by atoms with van der Waals surface area (Å²) in [5.41, 5.74) is 6.57. The number of aryl methyl sites for hydroxylation is 2. The van der Waals surface area contributed by atoms with Crippen LogP contribution in [0.1, 0.15) is 21.9 Å². The predicted molar refractivity (Wildman–Crippen MR) is 99.1 cm³/mol. The van der Waals surface area contributed by atoms with Gasteiger partial charge in [0.15, 0.2) is 0 Å². The van der Waals surface area contributed by atoms with Gasteiger partial charge in [-0.15, -0.1) is 0 Å². The molecular weight excluding hydrogens is 400 g/mol. The number of hydrazine groups is 1. The molecule has 0 atom stereocenters. The molecule has 1 aromatic carbocycles. The second-order valence-electron chi connectivity index (χ2n) is 5.72. The zero-order chi connectivity index (χ0) is 18.7. The number of hydrogen-bond donors (Lipinski definition) is 2. The van der Waals surface area contributed by atoms with Gasteiger partial charge in [0.1, 0.15) is 11.5 Å². The standard InChI is InChI=1S/C18H17BrN4O3/c1-11-14(20-18(26-11)12-6-4-3-5-7-12)9-16(24)21-22-17(25)15-8-13(19)10-23(15)2/h3-8,10H,9H2,1-2H3,(H,21,24)(H,22,25). The SMILES string of the molecule is Cc1oc(-c2ccccc2)nc1CC(=O)NNC(=O)c1cc(Br)cn1C. The summed E-state index contributed by atoms with van der Waals surface area (Å²) in [4.78, 5) is 28.6. The molecule has 0 aliphatic carbocycles. The summed E-state index contributed by atoms with van der Waals surface area (Å²) >= 11 is 3.30. The Balaban J connectivity index is 1.61. The van der Waals surface area contributed by atoms with Crippen molar-refractivity contribution in [1.82, 2.24) is 20.4 Å². The molecule has 0 aliphatic rings. The number of benzene rings is 1. The molecule has 0 saturated carbocycles. The molecule has 3 rings (SSSR count). The van der Waals surface area contributed by atoms with Crippen molar-refractivity contribution < 1.29 is 14.0 Å². The minimum Gasteiger partial charge on any atom is -0.441 e. The summed E-state index contributed by atoms with van der Waals surface area (Å²) in [6.45, 7) is 1.75. The first-order chi connectivity index (χ1) is 12.4. The van der Waals surface area contributed by atoms with E-state index in [4.69, 9.17) is 4.42 Å². The molecule has 2 heterocycles. The van der Waals surface area contributed by atoms with Gasteiger partial charge in [-0.05, 0) is 41.1 Å². The molecule has 0 saturated heterocycles. The van der Waals surface area contributed by atoms with E-state index in [2.05, 4.69) is 31.8 Å². The highest BCUT2D eigenvalue weighted by atomic mass is 79.9. The van der Waals surface area contributed by atoms with Gasteiger partial charge in [-0.2, -0.15) is 0 Å². The molecule has 3 aromatic rings. The zero-order valence-corrected chi connectivity index (χ0v) is 15.8. The Kier molecular flexibility index (Phi) is 5.22. The van der Waals surface area contributed by atoms with Crippen LogP contribution in [-0.2, 0) is 18.3 Å². The van der Waals surface area contributed by atoms with E-state index in [-0.39, 0.29) is 12.3 Å². The van der Waals surface area contributed by atoms with Gasteiger partial charge in [0.25, 0.3) is 5.91 Å². The third-order valence-corrected chi connectivity index (χ3v) is 4.19. The number of nitrogens with one attached hydrogen (secondary N) is 2. The van der Waals surface area contributed by atoms with Crippen molar-refractivity contribution in [3.8, 4) is 11.5 Å². The van der Waals surface area contributed by atoms with E-state index in [1.165, 1.54) is 0 Å². The lowest BCUT2D eigenvalue weighted by Crippen LogP contribution is -2.43. The number of oxazole rings is 1. The Morgan fingerprint density at radius 3 is 2.62 bits per heavy atom. The van der Waals surface area contributed by atoms with Gasteiger partial charge >= 0.3 is 0 Å². The van der Waals surface area contributed by atoms with E-state index in [1.807, 2.05) is 30.3 Å². The molecular formula is C18H17BrN4O3. The maximum Gasteiger partial charge on any atom is 0.286 e. The quantitative estimate of drug-likeness (QED) is 0.639. The summed E-state index contributed by atoms with van der Waals surface area (Å²) in [6, 6.07) is 11.1. The van der Waals surface area contributed by atoms with E-state index >= 15 is 0 Å². The maximum atomic E-state index is 12.1. The molecule has 26 heavy (non-hydrogen) atoms. The molecule has 0 radical (unpaired) electrons. The number of aromatic nitrogens is 2. The third-order valence-electron chi connectivity index (χ3n) is 3.76. The molecule has 2 aromatic heterocycles. The van der Waals surface area contributed by atoms with E-state index in [9.17, 15) is 9.59 Å². The monoisotopic (exact) mass is 416 g/mol. The van der Waals surface area contributed by atoms with Crippen LogP contribution in [0.25, 0.3) is 11.5 Å². The van der Waals surface area contributed by atoms with Crippen LogP contribution >= 0.6 is 15.9 Å². The minimum absolute atomic E-state index is 0.000716. The van der Waals surface area contributed by atoms with Gasteiger partial charge < -0.3 is 8.98 Å². The average molecular weight is 417 g/mol. The number of amides is 2. The van der Waals surface area contributed by atoms with Crippen molar-refractivity contribution in [3.05, 3.63) is 64.2 Å². The molecule has 8 heteroatoms. The highest BCUT2D eigenvalue weighted by Gasteiger charge is 2.16. The average Bonchev–Trinajstić information content (AvgIpc) is 3.15. The van der Waals surface area contributed by atoms with Gasteiger partial charge in [0.2, 0.25) is 11.8 Å². The van der Waals surface area contributed by atoms with Crippen molar-refractivity contribution in [2.75, 3.05) is 0 Å². The second-order valence-corrected chi connectivity index (χ2v) is 6.64. The van der Waals surface area contributed by atoms with Crippen LogP contribution in [0.4, 0.5) is 0 Å². The highest BCUT2D eigenvalue weighted by molar-refractivity contribution is 9.10. The lowest BCUT2D eigenvalue weighted by Gasteiger charge is -2.07. The van der Waals surface area contributed by atoms with E-state index in [0.717, 1.165) is 10.0 Å². The predicted octanol–water partition coefficient (Wildman–Crippen LogP) is 2.75. The molecule has 2 amide bonds. The van der Waals surface area contributed by atoms with Crippen LogP contribution in [-0.4, -0.2) is 21.4 Å². The van der Waals surface area contributed by atoms with E-state index < -0.39 is 5.91 Å². The fraction of sp³-hybridized carbons (Fsp3) is 0.167. The molecule has 0 spiro atoms. The lowest BCUT2D eigenvalue weighted by atomic mass is 10.2. The van der Waals surface area contributed by atoms with Crippen molar-refractivity contribution in [2.24, 2.45) is 7.05 Å². The Labute approximate surface area is 158 Å². The first kappa shape index (κ1) is 17.9. The molecule has 0 bridgehead atoms. The summed E-state index contributed by atoms with van der Waals surface area (Å²) in [7, 11) is 1.74. The Bertz CT molecular complexity index is 947. The summed E-state index contributed by atoms with van der Waals surface area (Å²) in [5.74, 6) is 0.233. The zero-order valence-electron chi connectivity index (χ0n) is 14.2. The topological polar surface area (TPSA) is 89.2 Å². The van der Waals surface area contributed by atoms with Crippen LogP contribution in [0.2, 0.25) is 0 Å². The van der Waals surface area contributed by atoms with Crippen molar-refractivity contribution >= 4 is 27.7 Å². The molecule has 0 unspecified atom stereocenters. The number of halogens is 1. The van der Waals surface area contributed by atoms with Gasteiger partial charge in [-0.1, -0.05) is 18.2 Å². The normalized spacial score (nSPS) is 10.6. The summed E-state index contributed by atoms with van der Waals surface area (Å²) < 4.78 is 8.06. The van der Waals surface area contributed by atoms with Crippen molar-refractivity contribution in [2.45, 2.75) is 13.3 Å². The minimum atomic E-state index is -0.409. The second kappa shape index (κ2) is 7.57. The van der Waals surface area contributed by atoms with Crippen molar-refractivity contribution in [3.63, 3.8) is 0 Å². The van der Waals surface area contributed by atoms with Gasteiger partial charge in [-0.3, -0.25) is 20.4 Å². The molecule has 134 valence electrons. The number of carbonyl (C=O) groups is 2. The Morgan fingerprint density at radius 2 is 1.96 bits per heavy atom. The Hall–Kier alpha value is -2.87.